The van der Waals surface area contributed by atoms with Crippen molar-refractivity contribution < 1.29 is 0 Å². The maximum absolute atomic E-state index is 12.1. The van der Waals surface area contributed by atoms with Crippen LogP contribution in [-0.2, 0) is 20.6 Å². The van der Waals surface area contributed by atoms with Crippen molar-refractivity contribution in [1.29, 1.82) is 0 Å². The fraction of sp³-hybridized carbons (Fsp3) is 0.500. The van der Waals surface area contributed by atoms with Crippen LogP contribution in [0.25, 0.3) is 11.2 Å². The molecule has 0 radical (unpaired) electrons. The van der Waals surface area contributed by atoms with Gasteiger partial charge in [-0.25, -0.2) is 9.78 Å². The standard InChI is InChI=1S/C10H14N4O2/c1-5-14-9(15)7-8(13(4)10(14)16)11-6(2)12(7)3/h5H2,1-4H3. The summed E-state index contributed by atoms with van der Waals surface area (Å²) in [5.74, 6) is 0.718. The van der Waals surface area contributed by atoms with Crippen LogP contribution in [0, 0.1) is 6.92 Å². The SMILES string of the molecule is CCn1c(=O)c2c(nc(C)n2C)n(C)c1=O. The van der Waals surface area contributed by atoms with Gasteiger partial charge in [-0.1, -0.05) is 0 Å². The number of nitrogens with zero attached hydrogens (tertiary/aromatic N) is 4. The first kappa shape index (κ1) is 10.7. The number of aryl methyl sites for hydroxylation is 3. The van der Waals surface area contributed by atoms with E-state index in [9.17, 15) is 9.59 Å². The first-order valence-electron chi connectivity index (χ1n) is 5.11. The molecule has 2 heterocycles. The summed E-state index contributed by atoms with van der Waals surface area (Å²) >= 11 is 0. The van der Waals surface area contributed by atoms with Crippen LogP contribution < -0.4 is 11.2 Å². The first-order chi connectivity index (χ1) is 7.49. The minimum atomic E-state index is -0.321. The number of hydrogen-bond donors (Lipinski definition) is 0. The lowest BCUT2D eigenvalue weighted by molar-refractivity contribution is 0.635. The number of hydrogen-bond acceptors (Lipinski definition) is 3. The summed E-state index contributed by atoms with van der Waals surface area (Å²) < 4.78 is 4.33. The molecule has 16 heavy (non-hydrogen) atoms. The van der Waals surface area contributed by atoms with Crippen molar-refractivity contribution in [3.8, 4) is 0 Å². The average Bonchev–Trinajstić information content (AvgIpc) is 2.54. The van der Waals surface area contributed by atoms with Gasteiger partial charge in [-0.3, -0.25) is 13.9 Å². The van der Waals surface area contributed by atoms with E-state index in [1.807, 2.05) is 0 Å². The molecule has 6 heteroatoms. The van der Waals surface area contributed by atoms with Crippen LogP contribution in [-0.4, -0.2) is 18.7 Å². The molecule has 0 fully saturated rings. The molecule has 0 aliphatic carbocycles. The predicted molar refractivity (Wildman–Crippen MR) is 60.6 cm³/mol. The van der Waals surface area contributed by atoms with Gasteiger partial charge in [0.1, 0.15) is 5.82 Å². The Bertz CT molecular complexity index is 675. The van der Waals surface area contributed by atoms with Crippen molar-refractivity contribution in [2.75, 3.05) is 0 Å². The summed E-state index contributed by atoms with van der Waals surface area (Å²) in [5.41, 5.74) is 0.322. The highest BCUT2D eigenvalue weighted by Gasteiger charge is 2.15. The van der Waals surface area contributed by atoms with E-state index in [-0.39, 0.29) is 11.2 Å². The molecule has 0 N–H and O–H groups in total. The van der Waals surface area contributed by atoms with Crippen molar-refractivity contribution in [2.24, 2.45) is 14.1 Å². The monoisotopic (exact) mass is 222 g/mol. The zero-order valence-electron chi connectivity index (χ0n) is 9.81. The highest BCUT2D eigenvalue weighted by Crippen LogP contribution is 2.07. The Hall–Kier alpha value is -1.85. The Morgan fingerprint density at radius 2 is 1.81 bits per heavy atom. The van der Waals surface area contributed by atoms with E-state index in [1.165, 1.54) is 9.13 Å². The van der Waals surface area contributed by atoms with Gasteiger partial charge in [-0.05, 0) is 13.8 Å². The number of fused-ring (bicyclic) bond motifs is 1. The minimum Gasteiger partial charge on any atom is -0.325 e. The molecule has 0 aliphatic rings. The van der Waals surface area contributed by atoms with E-state index >= 15 is 0 Å². The Kier molecular flexibility index (Phi) is 2.22. The highest BCUT2D eigenvalue weighted by atomic mass is 16.2. The van der Waals surface area contributed by atoms with Gasteiger partial charge in [0.2, 0.25) is 0 Å². The molecule has 86 valence electrons. The summed E-state index contributed by atoms with van der Waals surface area (Å²) in [4.78, 5) is 28.1. The lowest BCUT2D eigenvalue weighted by atomic mass is 10.5. The molecule has 0 bridgehead atoms. The van der Waals surface area contributed by atoms with E-state index in [1.54, 1.807) is 32.5 Å². The van der Waals surface area contributed by atoms with Gasteiger partial charge >= 0.3 is 5.69 Å². The van der Waals surface area contributed by atoms with Gasteiger partial charge in [0.25, 0.3) is 5.56 Å². The molecule has 0 aromatic carbocycles. The highest BCUT2D eigenvalue weighted by molar-refractivity contribution is 5.70. The van der Waals surface area contributed by atoms with E-state index in [0.29, 0.717) is 17.7 Å². The third kappa shape index (κ3) is 1.16. The smallest absolute Gasteiger partial charge is 0.325 e. The van der Waals surface area contributed by atoms with Crippen molar-refractivity contribution in [3.63, 3.8) is 0 Å². The summed E-state index contributed by atoms with van der Waals surface area (Å²) in [6, 6.07) is 0. The van der Waals surface area contributed by atoms with E-state index < -0.39 is 0 Å². The van der Waals surface area contributed by atoms with Crippen LogP contribution in [0.3, 0.4) is 0 Å². The van der Waals surface area contributed by atoms with Crippen LogP contribution in [0.1, 0.15) is 12.7 Å². The van der Waals surface area contributed by atoms with Crippen molar-refractivity contribution in [2.45, 2.75) is 20.4 Å². The van der Waals surface area contributed by atoms with E-state index in [2.05, 4.69) is 4.98 Å². The quantitative estimate of drug-likeness (QED) is 0.669. The Balaban J connectivity index is 3.15. The lowest BCUT2D eigenvalue weighted by Gasteiger charge is -2.05. The summed E-state index contributed by atoms with van der Waals surface area (Å²) in [6.07, 6.45) is 0. The second-order valence-corrected chi connectivity index (χ2v) is 3.78. The maximum Gasteiger partial charge on any atom is 0.332 e. The Morgan fingerprint density at radius 3 is 2.38 bits per heavy atom. The lowest BCUT2D eigenvalue weighted by Crippen LogP contribution is -2.39. The molecule has 0 aliphatic heterocycles. The van der Waals surface area contributed by atoms with Gasteiger partial charge < -0.3 is 4.57 Å². The molecular weight excluding hydrogens is 208 g/mol. The first-order valence-corrected chi connectivity index (χ1v) is 5.11. The van der Waals surface area contributed by atoms with Crippen LogP contribution >= 0.6 is 0 Å². The fourth-order valence-corrected chi connectivity index (χ4v) is 1.83. The van der Waals surface area contributed by atoms with Crippen LogP contribution in [0.2, 0.25) is 0 Å². The molecule has 0 saturated heterocycles. The molecule has 0 amide bonds. The van der Waals surface area contributed by atoms with Crippen molar-refractivity contribution >= 4 is 11.2 Å². The predicted octanol–water partition coefficient (Wildman–Crippen LogP) is -0.238. The van der Waals surface area contributed by atoms with Crippen LogP contribution in [0.4, 0.5) is 0 Å². The average molecular weight is 222 g/mol. The van der Waals surface area contributed by atoms with Crippen LogP contribution in [0.15, 0.2) is 9.59 Å². The molecular formula is C10H14N4O2. The molecule has 0 spiro atoms. The third-order valence-corrected chi connectivity index (χ3v) is 2.90. The second-order valence-electron chi connectivity index (χ2n) is 3.78. The Morgan fingerprint density at radius 1 is 1.19 bits per heavy atom. The maximum atomic E-state index is 12.1. The zero-order valence-corrected chi connectivity index (χ0v) is 9.81. The van der Waals surface area contributed by atoms with Gasteiger partial charge in [0, 0.05) is 20.6 Å². The van der Waals surface area contributed by atoms with Crippen molar-refractivity contribution in [3.05, 3.63) is 26.7 Å². The van der Waals surface area contributed by atoms with Gasteiger partial charge in [-0.2, -0.15) is 0 Å². The largest absolute Gasteiger partial charge is 0.332 e. The second kappa shape index (κ2) is 3.33. The number of imidazole rings is 1. The summed E-state index contributed by atoms with van der Waals surface area (Å²) in [6.45, 7) is 3.95. The molecule has 2 rings (SSSR count). The fourth-order valence-electron chi connectivity index (χ4n) is 1.83. The topological polar surface area (TPSA) is 61.8 Å². The number of aromatic nitrogens is 4. The van der Waals surface area contributed by atoms with Crippen LogP contribution in [0.5, 0.6) is 0 Å². The van der Waals surface area contributed by atoms with E-state index in [4.69, 9.17) is 0 Å². The summed E-state index contributed by atoms with van der Waals surface area (Å²) in [7, 11) is 3.40. The van der Waals surface area contributed by atoms with Gasteiger partial charge in [0.15, 0.2) is 11.2 Å². The molecule has 2 aromatic heterocycles. The minimum absolute atomic E-state index is 0.274. The molecule has 0 saturated carbocycles. The Labute approximate surface area is 91.8 Å². The molecule has 0 unspecified atom stereocenters. The molecule has 0 atom stereocenters. The normalized spacial score (nSPS) is 11.2. The molecule has 6 nitrogen and oxygen atoms in total. The molecule has 2 aromatic rings. The van der Waals surface area contributed by atoms with Crippen molar-refractivity contribution in [1.82, 2.24) is 18.7 Å². The van der Waals surface area contributed by atoms with Gasteiger partial charge in [-0.15, -0.1) is 0 Å². The summed E-state index contributed by atoms with van der Waals surface area (Å²) in [5, 5.41) is 0. The third-order valence-electron chi connectivity index (χ3n) is 2.90. The number of rotatable bonds is 1. The van der Waals surface area contributed by atoms with E-state index in [0.717, 1.165) is 5.82 Å². The van der Waals surface area contributed by atoms with Gasteiger partial charge in [0.05, 0.1) is 0 Å². The zero-order chi connectivity index (χ0) is 12.0.